The van der Waals surface area contributed by atoms with Gasteiger partial charge in [0.25, 0.3) is 0 Å². The number of rotatable bonds is 7. The van der Waals surface area contributed by atoms with E-state index in [-0.39, 0.29) is 43.5 Å². The van der Waals surface area contributed by atoms with Crippen LogP contribution in [0.4, 0.5) is 0 Å². The fraction of sp³-hybridized carbons (Fsp3) is 0.739. The SMILES string of the molecule is CC(=O)OCC1=CO[C@H](OC(C)=O)[C@@H]2[C@H]1[C@@H]1[C@H](CC[C@]23CO3)C1(COC(C)=O)COC(C)=O. The van der Waals surface area contributed by atoms with Crippen LogP contribution in [0.15, 0.2) is 11.8 Å². The molecule has 0 amide bonds. The second kappa shape index (κ2) is 8.62. The summed E-state index contributed by atoms with van der Waals surface area (Å²) >= 11 is 0. The molecule has 1 spiro atoms. The Bertz CT molecular complexity index is 854. The lowest BCUT2D eigenvalue weighted by molar-refractivity contribution is -0.193. The molecular formula is C23H30O10. The summed E-state index contributed by atoms with van der Waals surface area (Å²) in [6.45, 7) is 6.04. The van der Waals surface area contributed by atoms with Crippen LogP contribution in [0.1, 0.15) is 40.5 Å². The molecule has 2 aliphatic carbocycles. The van der Waals surface area contributed by atoms with Crippen LogP contribution in [0.5, 0.6) is 0 Å². The van der Waals surface area contributed by atoms with Crippen molar-refractivity contribution >= 4 is 23.9 Å². The van der Waals surface area contributed by atoms with Crippen LogP contribution in [-0.4, -0.2) is 62.2 Å². The number of hydrogen-bond acceptors (Lipinski definition) is 10. The first kappa shape index (κ1) is 23.5. The molecule has 1 saturated heterocycles. The van der Waals surface area contributed by atoms with E-state index in [2.05, 4.69) is 0 Å². The summed E-state index contributed by atoms with van der Waals surface area (Å²) in [7, 11) is 0. The standard InChI is InChI=1S/C23H30O10/c1-12(24)28-7-16-8-29-21(33-15(4)27)20-18(16)19-17(5-6-23(20)11-32-23)22(19,9-30-13(2)25)10-31-14(3)26/h8,17-21H,5-7,9-11H2,1-4H3/t17-,18+,19-,20-,21+,23-/m0/s1. The third kappa shape index (κ3) is 4.45. The quantitative estimate of drug-likeness (QED) is 0.309. The molecule has 0 N–H and O–H groups in total. The van der Waals surface area contributed by atoms with Crippen LogP contribution in [0.3, 0.4) is 0 Å². The van der Waals surface area contributed by atoms with Gasteiger partial charge in [-0.3, -0.25) is 19.2 Å². The first-order chi connectivity index (χ1) is 15.6. The molecule has 0 radical (unpaired) electrons. The molecule has 0 unspecified atom stereocenters. The summed E-state index contributed by atoms with van der Waals surface area (Å²) < 4.78 is 33.4. The molecule has 0 aromatic rings. The van der Waals surface area contributed by atoms with Crippen molar-refractivity contribution in [1.82, 2.24) is 0 Å². The minimum Gasteiger partial charge on any atom is -0.465 e. The topological polar surface area (TPSA) is 127 Å². The van der Waals surface area contributed by atoms with Crippen molar-refractivity contribution in [2.24, 2.45) is 29.1 Å². The number of fused-ring (bicyclic) bond motifs is 4. The number of ether oxygens (including phenoxy) is 6. The minimum atomic E-state index is -0.865. The summed E-state index contributed by atoms with van der Waals surface area (Å²) in [6.07, 6.45) is 2.08. The van der Waals surface area contributed by atoms with Crippen LogP contribution in [-0.2, 0) is 47.6 Å². The zero-order chi connectivity index (χ0) is 24.0. The van der Waals surface area contributed by atoms with Crippen LogP contribution < -0.4 is 0 Å². The number of carbonyl (C=O) groups excluding carboxylic acids is 4. The van der Waals surface area contributed by atoms with E-state index in [0.29, 0.717) is 13.0 Å². The van der Waals surface area contributed by atoms with Crippen LogP contribution >= 0.6 is 0 Å². The summed E-state index contributed by atoms with van der Waals surface area (Å²) in [5, 5.41) is 0. The molecule has 4 aliphatic rings. The molecule has 2 aliphatic heterocycles. The maximum Gasteiger partial charge on any atom is 0.305 e. The lowest BCUT2D eigenvalue weighted by Crippen LogP contribution is -2.48. The van der Waals surface area contributed by atoms with Crippen LogP contribution in [0.25, 0.3) is 0 Å². The molecule has 2 saturated carbocycles. The zero-order valence-corrected chi connectivity index (χ0v) is 19.3. The van der Waals surface area contributed by atoms with Crippen molar-refractivity contribution in [3.8, 4) is 0 Å². The smallest absolute Gasteiger partial charge is 0.305 e. The predicted octanol–water partition coefficient (Wildman–Crippen LogP) is 1.51. The largest absolute Gasteiger partial charge is 0.465 e. The Balaban J connectivity index is 1.72. The minimum absolute atomic E-state index is 0.0137. The third-order valence-electron chi connectivity index (χ3n) is 7.39. The number of hydrogen-bond donors (Lipinski definition) is 0. The fourth-order valence-corrected chi connectivity index (χ4v) is 5.93. The van der Waals surface area contributed by atoms with Gasteiger partial charge in [0, 0.05) is 44.6 Å². The summed E-state index contributed by atoms with van der Waals surface area (Å²) in [6, 6.07) is 0. The Hall–Kier alpha value is -2.62. The van der Waals surface area contributed by atoms with E-state index in [1.165, 1.54) is 34.0 Å². The van der Waals surface area contributed by atoms with E-state index in [1.54, 1.807) is 0 Å². The van der Waals surface area contributed by atoms with Gasteiger partial charge >= 0.3 is 23.9 Å². The lowest BCUT2D eigenvalue weighted by Gasteiger charge is -2.41. The molecule has 10 heteroatoms. The highest BCUT2D eigenvalue weighted by Crippen LogP contribution is 2.72. The van der Waals surface area contributed by atoms with Gasteiger partial charge in [-0.05, 0) is 24.7 Å². The Morgan fingerprint density at radius 1 is 0.939 bits per heavy atom. The summed E-state index contributed by atoms with van der Waals surface area (Å²) in [5.41, 5.74) is -0.370. The molecule has 3 fully saturated rings. The zero-order valence-electron chi connectivity index (χ0n) is 19.3. The van der Waals surface area contributed by atoms with Crippen molar-refractivity contribution in [2.45, 2.75) is 52.4 Å². The molecular weight excluding hydrogens is 436 g/mol. The maximum absolute atomic E-state index is 11.8. The van der Waals surface area contributed by atoms with Gasteiger partial charge in [-0.15, -0.1) is 0 Å². The Labute approximate surface area is 191 Å². The lowest BCUT2D eigenvalue weighted by atomic mass is 9.71. The van der Waals surface area contributed by atoms with Gasteiger partial charge in [0.15, 0.2) is 0 Å². The van der Waals surface area contributed by atoms with Gasteiger partial charge in [0.05, 0.1) is 18.8 Å². The van der Waals surface area contributed by atoms with Gasteiger partial charge in [-0.1, -0.05) is 0 Å². The molecule has 10 nitrogen and oxygen atoms in total. The average Bonchev–Trinajstić information content (AvgIpc) is 3.62. The Morgan fingerprint density at radius 3 is 2.06 bits per heavy atom. The van der Waals surface area contributed by atoms with Crippen LogP contribution in [0.2, 0.25) is 0 Å². The highest BCUT2D eigenvalue weighted by Gasteiger charge is 2.76. The molecule has 2 heterocycles. The van der Waals surface area contributed by atoms with Gasteiger partial charge in [0.1, 0.15) is 25.4 Å². The van der Waals surface area contributed by atoms with Crippen molar-refractivity contribution in [3.63, 3.8) is 0 Å². The van der Waals surface area contributed by atoms with Crippen molar-refractivity contribution in [1.29, 1.82) is 0 Å². The van der Waals surface area contributed by atoms with Crippen molar-refractivity contribution in [2.75, 3.05) is 26.4 Å². The van der Waals surface area contributed by atoms with Crippen molar-refractivity contribution < 1.29 is 47.6 Å². The van der Waals surface area contributed by atoms with Gasteiger partial charge in [-0.2, -0.15) is 0 Å². The Kier molecular flexibility index (Phi) is 6.15. The normalized spacial score (nSPS) is 34.9. The van der Waals surface area contributed by atoms with E-state index < -0.39 is 41.2 Å². The second-order valence-electron chi connectivity index (χ2n) is 9.46. The van der Waals surface area contributed by atoms with E-state index in [4.69, 9.17) is 28.4 Å². The molecule has 0 aromatic heterocycles. The molecule has 182 valence electrons. The monoisotopic (exact) mass is 466 g/mol. The number of esters is 4. The van der Waals surface area contributed by atoms with Crippen LogP contribution in [0, 0.1) is 29.1 Å². The molecule has 6 atom stereocenters. The highest BCUT2D eigenvalue weighted by atomic mass is 16.7. The van der Waals surface area contributed by atoms with Crippen molar-refractivity contribution in [3.05, 3.63) is 11.8 Å². The first-order valence-corrected chi connectivity index (χ1v) is 11.2. The molecule has 4 rings (SSSR count). The summed E-state index contributed by atoms with van der Waals surface area (Å²) in [4.78, 5) is 46.7. The fourth-order valence-electron chi connectivity index (χ4n) is 5.93. The number of carbonyl (C=O) groups is 4. The third-order valence-corrected chi connectivity index (χ3v) is 7.39. The van der Waals surface area contributed by atoms with E-state index in [9.17, 15) is 19.2 Å². The van der Waals surface area contributed by atoms with Gasteiger partial charge in [-0.25, -0.2) is 0 Å². The van der Waals surface area contributed by atoms with Gasteiger partial charge < -0.3 is 28.4 Å². The second-order valence-corrected chi connectivity index (χ2v) is 9.46. The van der Waals surface area contributed by atoms with E-state index in [1.807, 2.05) is 0 Å². The summed E-state index contributed by atoms with van der Waals surface area (Å²) in [5.74, 6) is -2.34. The van der Waals surface area contributed by atoms with E-state index in [0.717, 1.165) is 12.0 Å². The Morgan fingerprint density at radius 2 is 1.55 bits per heavy atom. The highest BCUT2D eigenvalue weighted by molar-refractivity contribution is 5.67. The maximum atomic E-state index is 11.8. The molecule has 33 heavy (non-hydrogen) atoms. The van der Waals surface area contributed by atoms with E-state index >= 15 is 0 Å². The predicted molar refractivity (Wildman–Crippen MR) is 109 cm³/mol. The van der Waals surface area contributed by atoms with Gasteiger partial charge in [0.2, 0.25) is 6.29 Å². The average molecular weight is 466 g/mol. The molecule has 0 bridgehead atoms. The number of epoxide rings is 1. The molecule has 0 aromatic carbocycles. The first-order valence-electron chi connectivity index (χ1n) is 11.2.